The Labute approximate surface area is 88.0 Å². The van der Waals surface area contributed by atoms with Gasteiger partial charge in [0.2, 0.25) is 0 Å². The molecule has 0 aromatic carbocycles. The molecule has 0 saturated heterocycles. The van der Waals surface area contributed by atoms with Crippen molar-refractivity contribution in [2.24, 2.45) is 0 Å². The van der Waals surface area contributed by atoms with E-state index in [1.807, 2.05) is 0 Å². The molecule has 0 fully saturated rings. The van der Waals surface area contributed by atoms with Gasteiger partial charge in [0.05, 0.1) is 0 Å². The van der Waals surface area contributed by atoms with Gasteiger partial charge >= 0.3 is 20.5 Å². The zero-order valence-corrected chi connectivity index (χ0v) is 9.65. The molecule has 0 aromatic rings. The number of hydrogen-bond donors (Lipinski definition) is 6. The molecular weight excluding hydrogens is 272 g/mol. The Kier molecular flexibility index (Phi) is 5.45. The third kappa shape index (κ3) is 9.04. The molecule has 12 heteroatoms. The quantitative estimate of drug-likeness (QED) is 0.331. The number of rotatable bonds is 6. The minimum Gasteiger partial charge on any atom is -0.480 e. The van der Waals surface area contributed by atoms with Gasteiger partial charge < -0.3 is 24.7 Å². The lowest BCUT2D eigenvalue weighted by Gasteiger charge is -2.14. The minimum atomic E-state index is -4.75. The van der Waals surface area contributed by atoms with E-state index in [0.29, 0.717) is 0 Å². The highest BCUT2D eigenvalue weighted by atomic mass is 32.7. The Morgan fingerprint density at radius 1 is 1.27 bits per heavy atom. The Balaban J connectivity index is 4.38. The molecule has 1 atom stereocenters. The van der Waals surface area contributed by atoms with Crippen LogP contribution in [0.3, 0.4) is 0 Å². The summed E-state index contributed by atoms with van der Waals surface area (Å²) in [7, 11) is -4.75. The highest BCUT2D eigenvalue weighted by Gasteiger charge is 2.28. The van der Waals surface area contributed by atoms with E-state index in [1.54, 1.807) is 0 Å². The first-order valence-corrected chi connectivity index (χ1v) is 8.09. The van der Waals surface area contributed by atoms with E-state index >= 15 is 0 Å². The van der Waals surface area contributed by atoms with Gasteiger partial charge in [-0.25, -0.2) is 14.2 Å². The van der Waals surface area contributed by atoms with Crippen LogP contribution in [0.1, 0.15) is 0 Å². The van der Waals surface area contributed by atoms with E-state index in [9.17, 15) is 13.9 Å². The van der Waals surface area contributed by atoms with Crippen molar-refractivity contribution < 1.29 is 38.6 Å². The lowest BCUT2D eigenvalue weighted by molar-refractivity contribution is -0.138. The number of hydrogen-bond acceptors (Lipinski definition) is 4. The van der Waals surface area contributed by atoms with Crippen molar-refractivity contribution in [1.82, 2.24) is 5.09 Å². The fourth-order valence-corrected chi connectivity index (χ4v) is 2.87. The average molecular weight is 281 g/mol. The summed E-state index contributed by atoms with van der Waals surface area (Å²) in [4.78, 5) is 44.0. The predicted molar refractivity (Wildman–Crippen MR) is 51.1 cm³/mol. The molecule has 0 amide bonds. The van der Waals surface area contributed by atoms with E-state index in [1.165, 1.54) is 5.09 Å². The summed E-state index contributed by atoms with van der Waals surface area (Å²) in [6.45, 7) is -4.46. The molecule has 15 heavy (non-hydrogen) atoms. The van der Waals surface area contributed by atoms with E-state index in [2.05, 4.69) is 0 Å². The van der Waals surface area contributed by atoms with Crippen molar-refractivity contribution in [2.75, 3.05) is 5.75 Å². The van der Waals surface area contributed by atoms with Crippen molar-refractivity contribution in [3.63, 3.8) is 0 Å². The van der Waals surface area contributed by atoms with Gasteiger partial charge in [-0.15, -0.1) is 0 Å². The topological polar surface area (TPSA) is 164 Å². The van der Waals surface area contributed by atoms with Crippen molar-refractivity contribution in [2.45, 2.75) is 6.04 Å². The number of aliphatic carboxylic acids is 1. The summed E-state index contributed by atoms with van der Waals surface area (Å²) in [5.41, 5.74) is 0. The zero-order chi connectivity index (χ0) is 12.3. The van der Waals surface area contributed by atoms with Crippen LogP contribution in [0.4, 0.5) is 0 Å². The Hall–Kier alpha value is 0.0800. The first kappa shape index (κ1) is 15.1. The lowest BCUT2D eigenvalue weighted by Crippen LogP contribution is -2.36. The fraction of sp³-hybridized carbons (Fsp3) is 0.667. The van der Waals surface area contributed by atoms with Crippen LogP contribution in [0.2, 0.25) is 0 Å². The predicted octanol–water partition coefficient (Wildman–Crippen LogP) is -1.05. The molecule has 0 unspecified atom stereocenters. The van der Waals surface area contributed by atoms with Crippen LogP contribution in [0.25, 0.3) is 0 Å². The largest absolute Gasteiger partial charge is 0.480 e. The summed E-state index contributed by atoms with van der Waals surface area (Å²) in [6.07, 6.45) is 0. The maximum atomic E-state index is 10.4. The van der Waals surface area contributed by atoms with Crippen LogP contribution in [-0.4, -0.2) is 42.4 Å². The summed E-state index contributed by atoms with van der Waals surface area (Å²) in [5, 5.41) is 9.89. The van der Waals surface area contributed by atoms with E-state index in [-0.39, 0.29) is 11.4 Å². The second-order valence-corrected chi connectivity index (χ2v) is 7.47. The highest BCUT2D eigenvalue weighted by Crippen LogP contribution is 2.50. The summed E-state index contributed by atoms with van der Waals surface area (Å²) < 4.78 is 20.8. The van der Waals surface area contributed by atoms with Crippen molar-refractivity contribution in [3.8, 4) is 0 Å². The van der Waals surface area contributed by atoms with Crippen molar-refractivity contribution in [1.29, 1.82) is 0 Å². The number of carboxylic acids is 1. The maximum Gasteiger partial charge on any atom is 0.401 e. The standard InChI is InChI=1S/C3H9NO8P2S/c5-3(6)2(4-13(7,8)9)1-15-14(10,11)12/h2H,1H2,(H,5,6)(H2,10,11,12)(H3,4,7,8,9)/t2-/m0/s1. The van der Waals surface area contributed by atoms with Gasteiger partial charge in [-0.2, -0.15) is 0 Å². The second-order valence-electron chi connectivity index (χ2n) is 2.35. The molecule has 0 aromatic heterocycles. The van der Waals surface area contributed by atoms with Gasteiger partial charge in [0, 0.05) is 5.75 Å². The molecule has 0 saturated carbocycles. The van der Waals surface area contributed by atoms with Crippen molar-refractivity contribution in [3.05, 3.63) is 0 Å². The van der Waals surface area contributed by atoms with Crippen molar-refractivity contribution >= 4 is 31.9 Å². The molecule has 0 aliphatic heterocycles. The first-order valence-electron chi connectivity index (χ1n) is 3.27. The van der Waals surface area contributed by atoms with E-state index < -0.39 is 32.3 Å². The average Bonchev–Trinajstić information content (AvgIpc) is 1.93. The summed E-state index contributed by atoms with van der Waals surface area (Å²) >= 11 is -0.00931. The molecule has 6 N–H and O–H groups in total. The van der Waals surface area contributed by atoms with E-state index in [4.69, 9.17) is 24.7 Å². The Morgan fingerprint density at radius 2 is 1.73 bits per heavy atom. The molecule has 0 heterocycles. The highest BCUT2D eigenvalue weighted by molar-refractivity contribution is 8.54. The van der Waals surface area contributed by atoms with Gasteiger partial charge in [-0.05, 0) is 11.4 Å². The first-order chi connectivity index (χ1) is 6.51. The summed E-state index contributed by atoms with van der Waals surface area (Å²) in [6, 6.07) is -1.73. The second kappa shape index (κ2) is 5.42. The van der Waals surface area contributed by atoms with Crippen LogP contribution in [0.15, 0.2) is 0 Å². The van der Waals surface area contributed by atoms with Gasteiger partial charge in [0.1, 0.15) is 6.04 Å². The summed E-state index contributed by atoms with van der Waals surface area (Å²) in [5.74, 6) is -2.27. The molecule has 0 aliphatic rings. The minimum absolute atomic E-state index is 0.00931. The third-order valence-corrected chi connectivity index (χ3v) is 3.95. The number of nitrogens with one attached hydrogen (secondary N) is 1. The third-order valence-electron chi connectivity index (χ3n) is 1.03. The normalized spacial score (nSPS) is 14.9. The molecule has 0 radical (unpaired) electrons. The molecule has 9 nitrogen and oxygen atoms in total. The smallest absolute Gasteiger partial charge is 0.401 e. The maximum absolute atomic E-state index is 10.4. The van der Waals surface area contributed by atoms with Gasteiger partial charge in [0.15, 0.2) is 0 Å². The molecular formula is C3H9NO8P2S. The molecule has 0 bridgehead atoms. The van der Waals surface area contributed by atoms with Crippen LogP contribution >= 0.6 is 25.9 Å². The van der Waals surface area contributed by atoms with Crippen LogP contribution in [0.5, 0.6) is 0 Å². The van der Waals surface area contributed by atoms with Gasteiger partial charge in [-0.3, -0.25) is 4.79 Å². The monoisotopic (exact) mass is 281 g/mol. The van der Waals surface area contributed by atoms with Crippen LogP contribution < -0.4 is 5.09 Å². The van der Waals surface area contributed by atoms with Gasteiger partial charge in [-0.1, -0.05) is 0 Å². The van der Waals surface area contributed by atoms with Crippen LogP contribution in [0, 0.1) is 0 Å². The Morgan fingerprint density at radius 3 is 2.00 bits per heavy atom. The number of carbonyl (C=O) groups is 1. The molecule has 90 valence electrons. The SMILES string of the molecule is O=C(O)[C@H](CSP(=O)(O)O)NP(=O)(O)O. The van der Waals surface area contributed by atoms with E-state index in [0.717, 1.165) is 0 Å². The fourth-order valence-electron chi connectivity index (χ4n) is 0.538. The van der Waals surface area contributed by atoms with Gasteiger partial charge in [0.25, 0.3) is 0 Å². The number of carboxylic acid groups (broad SMARTS) is 1. The lowest BCUT2D eigenvalue weighted by atomic mass is 10.4. The molecule has 0 aliphatic carbocycles. The molecule has 0 rings (SSSR count). The zero-order valence-electron chi connectivity index (χ0n) is 7.05. The Bertz CT molecular complexity index is 320. The van der Waals surface area contributed by atoms with Crippen LogP contribution in [-0.2, 0) is 13.9 Å². The molecule has 0 spiro atoms.